The molecule has 1 aromatic heterocycles. The van der Waals surface area contributed by atoms with Crippen LogP contribution in [0.3, 0.4) is 0 Å². The van der Waals surface area contributed by atoms with Gasteiger partial charge in [-0.05, 0) is 31.3 Å². The maximum absolute atomic E-state index is 6.19. The van der Waals surface area contributed by atoms with Gasteiger partial charge in [0.15, 0.2) is 0 Å². The second-order valence-corrected chi connectivity index (χ2v) is 5.83. The van der Waals surface area contributed by atoms with Crippen molar-refractivity contribution in [2.24, 2.45) is 7.05 Å². The summed E-state index contributed by atoms with van der Waals surface area (Å²) in [4.78, 5) is 0. The van der Waals surface area contributed by atoms with Gasteiger partial charge in [0.05, 0.1) is 5.69 Å². The van der Waals surface area contributed by atoms with Crippen LogP contribution in [-0.4, -0.2) is 27.3 Å². The Morgan fingerprint density at radius 2 is 2.19 bits per heavy atom. The normalized spacial score (nSPS) is 17.9. The molecule has 0 aliphatic carbocycles. The number of hydrogen-bond donors (Lipinski definition) is 1. The van der Waals surface area contributed by atoms with Gasteiger partial charge in [0.25, 0.3) is 0 Å². The number of rotatable bonds is 3. The highest BCUT2D eigenvalue weighted by atomic mass is 35.5. The van der Waals surface area contributed by atoms with Crippen LogP contribution in [0.1, 0.15) is 24.1 Å². The highest BCUT2D eigenvalue weighted by molar-refractivity contribution is 7.99. The molecule has 0 atom stereocenters. The number of nitrogens with zero attached hydrogens (tertiary/aromatic N) is 2. The Labute approximate surface area is 106 Å². The average Bonchev–Trinajstić information content (AvgIpc) is 2.53. The first-order valence-corrected chi connectivity index (χ1v) is 7.21. The Morgan fingerprint density at radius 3 is 2.75 bits per heavy atom. The van der Waals surface area contributed by atoms with E-state index in [1.807, 2.05) is 25.7 Å². The van der Waals surface area contributed by atoms with Gasteiger partial charge in [-0.15, -0.1) is 0 Å². The number of nitrogens with one attached hydrogen (secondary N) is 1. The summed E-state index contributed by atoms with van der Waals surface area (Å²) >= 11 is 8.24. The number of aromatic nitrogens is 2. The zero-order valence-electron chi connectivity index (χ0n) is 9.79. The van der Waals surface area contributed by atoms with Crippen LogP contribution < -0.4 is 5.32 Å². The predicted molar refractivity (Wildman–Crippen MR) is 70.1 cm³/mol. The maximum atomic E-state index is 6.19. The number of hydrogen-bond acceptors (Lipinski definition) is 3. The minimum absolute atomic E-state index is 0.650. The zero-order valence-corrected chi connectivity index (χ0v) is 11.4. The molecular formula is C11H18ClN3S. The molecule has 0 unspecified atom stereocenters. The monoisotopic (exact) mass is 259 g/mol. The molecule has 1 aliphatic rings. The molecule has 1 aliphatic heterocycles. The molecule has 0 aromatic carbocycles. The molecule has 1 fully saturated rings. The van der Waals surface area contributed by atoms with Crippen molar-refractivity contribution in [3.8, 4) is 0 Å². The number of thioether (sulfide) groups is 1. The van der Waals surface area contributed by atoms with Crippen molar-refractivity contribution in [1.82, 2.24) is 15.1 Å². The quantitative estimate of drug-likeness (QED) is 0.904. The summed E-state index contributed by atoms with van der Waals surface area (Å²) in [6.07, 6.45) is 2.53. The van der Waals surface area contributed by atoms with Gasteiger partial charge in [0.1, 0.15) is 5.15 Å². The van der Waals surface area contributed by atoms with Gasteiger partial charge in [-0.2, -0.15) is 16.9 Å². The second kappa shape index (κ2) is 5.43. The van der Waals surface area contributed by atoms with Crippen molar-refractivity contribution in [3.63, 3.8) is 0 Å². The molecule has 90 valence electrons. The highest BCUT2D eigenvalue weighted by Gasteiger charge is 2.16. The second-order valence-electron chi connectivity index (χ2n) is 4.25. The molecule has 0 radical (unpaired) electrons. The fourth-order valence-corrected chi connectivity index (χ4v) is 3.37. The van der Waals surface area contributed by atoms with Crippen molar-refractivity contribution in [3.05, 3.63) is 16.4 Å². The summed E-state index contributed by atoms with van der Waals surface area (Å²) in [5.74, 6) is 2.55. The third kappa shape index (κ3) is 2.73. The molecule has 16 heavy (non-hydrogen) atoms. The van der Waals surface area contributed by atoms with Crippen molar-refractivity contribution >= 4 is 23.4 Å². The topological polar surface area (TPSA) is 29.9 Å². The summed E-state index contributed by atoms with van der Waals surface area (Å²) in [5, 5.41) is 8.66. The summed E-state index contributed by atoms with van der Waals surface area (Å²) in [5.41, 5.74) is 2.17. The van der Waals surface area contributed by atoms with Crippen LogP contribution in [0.15, 0.2) is 0 Å². The van der Waals surface area contributed by atoms with Crippen LogP contribution >= 0.6 is 23.4 Å². The molecule has 0 saturated carbocycles. The van der Waals surface area contributed by atoms with Crippen molar-refractivity contribution in [2.75, 3.05) is 11.5 Å². The lowest BCUT2D eigenvalue weighted by Crippen LogP contribution is -2.32. The van der Waals surface area contributed by atoms with E-state index in [-0.39, 0.29) is 0 Å². The fourth-order valence-electron chi connectivity index (χ4n) is 2.02. The van der Waals surface area contributed by atoms with Crippen LogP contribution in [0.25, 0.3) is 0 Å². The van der Waals surface area contributed by atoms with E-state index in [0.717, 1.165) is 23.0 Å². The van der Waals surface area contributed by atoms with Gasteiger partial charge >= 0.3 is 0 Å². The molecule has 2 rings (SSSR count). The van der Waals surface area contributed by atoms with Crippen LogP contribution in [-0.2, 0) is 13.6 Å². The molecule has 1 aromatic rings. The summed E-state index contributed by atoms with van der Waals surface area (Å²) in [7, 11) is 1.89. The number of aryl methyl sites for hydroxylation is 2. The highest BCUT2D eigenvalue weighted by Crippen LogP contribution is 2.21. The Bertz CT molecular complexity index is 358. The first-order chi connectivity index (χ1) is 7.68. The van der Waals surface area contributed by atoms with Crippen LogP contribution in [0, 0.1) is 6.92 Å². The molecule has 5 heteroatoms. The third-order valence-electron chi connectivity index (χ3n) is 3.06. The molecule has 0 spiro atoms. The molecule has 0 bridgehead atoms. The number of halogens is 1. The Hall–Kier alpha value is -0.190. The van der Waals surface area contributed by atoms with Gasteiger partial charge in [0, 0.05) is 25.2 Å². The van der Waals surface area contributed by atoms with E-state index < -0.39 is 0 Å². The average molecular weight is 260 g/mol. The fraction of sp³-hybridized carbons (Fsp3) is 0.727. The van der Waals surface area contributed by atoms with Crippen molar-refractivity contribution in [1.29, 1.82) is 0 Å². The molecule has 3 nitrogen and oxygen atoms in total. The Balaban J connectivity index is 1.93. The smallest absolute Gasteiger partial charge is 0.131 e. The van der Waals surface area contributed by atoms with Crippen molar-refractivity contribution < 1.29 is 0 Å². The van der Waals surface area contributed by atoms with E-state index in [0.29, 0.717) is 6.04 Å². The van der Waals surface area contributed by atoms with E-state index in [9.17, 15) is 0 Å². The molecule has 1 N–H and O–H groups in total. The van der Waals surface area contributed by atoms with E-state index in [2.05, 4.69) is 10.4 Å². The SMILES string of the molecule is Cc1nn(C)c(Cl)c1CNC1CCSCC1. The Kier molecular flexibility index (Phi) is 4.16. The van der Waals surface area contributed by atoms with Gasteiger partial charge in [-0.25, -0.2) is 0 Å². The minimum atomic E-state index is 0.650. The molecular weight excluding hydrogens is 242 g/mol. The molecule has 0 amide bonds. The van der Waals surface area contributed by atoms with Crippen LogP contribution in [0.4, 0.5) is 0 Å². The van der Waals surface area contributed by atoms with Crippen molar-refractivity contribution in [2.45, 2.75) is 32.4 Å². The maximum Gasteiger partial charge on any atom is 0.131 e. The Morgan fingerprint density at radius 1 is 1.50 bits per heavy atom. The third-order valence-corrected chi connectivity index (χ3v) is 4.58. The van der Waals surface area contributed by atoms with Crippen LogP contribution in [0.2, 0.25) is 5.15 Å². The van der Waals surface area contributed by atoms with Crippen LogP contribution in [0.5, 0.6) is 0 Å². The predicted octanol–water partition coefficient (Wildman–Crippen LogP) is 2.37. The van der Waals surface area contributed by atoms with Gasteiger partial charge in [0.2, 0.25) is 0 Å². The first-order valence-electron chi connectivity index (χ1n) is 5.67. The molecule has 1 saturated heterocycles. The lowest BCUT2D eigenvalue weighted by molar-refractivity contribution is 0.481. The lowest BCUT2D eigenvalue weighted by Gasteiger charge is -2.22. The standard InChI is InChI=1S/C11H18ClN3S/c1-8-10(11(12)15(2)14-8)7-13-9-3-5-16-6-4-9/h9,13H,3-7H2,1-2H3. The van der Waals surface area contributed by atoms with E-state index in [1.165, 1.54) is 24.3 Å². The van der Waals surface area contributed by atoms with E-state index in [1.54, 1.807) is 4.68 Å². The summed E-state index contributed by atoms with van der Waals surface area (Å²) in [6, 6.07) is 0.650. The zero-order chi connectivity index (χ0) is 11.5. The molecule has 2 heterocycles. The van der Waals surface area contributed by atoms with Gasteiger partial charge < -0.3 is 5.32 Å². The lowest BCUT2D eigenvalue weighted by atomic mass is 10.1. The summed E-state index contributed by atoms with van der Waals surface area (Å²) in [6.45, 7) is 2.85. The van der Waals surface area contributed by atoms with Gasteiger partial charge in [-0.3, -0.25) is 4.68 Å². The summed E-state index contributed by atoms with van der Waals surface area (Å²) < 4.78 is 1.74. The largest absolute Gasteiger partial charge is 0.310 e. The van der Waals surface area contributed by atoms with E-state index >= 15 is 0 Å². The first kappa shape index (κ1) is 12.3. The van der Waals surface area contributed by atoms with Gasteiger partial charge in [-0.1, -0.05) is 11.6 Å². The van der Waals surface area contributed by atoms with E-state index in [4.69, 9.17) is 11.6 Å². The minimum Gasteiger partial charge on any atom is -0.310 e.